The van der Waals surface area contributed by atoms with Crippen LogP contribution in [-0.4, -0.2) is 10.9 Å². The van der Waals surface area contributed by atoms with E-state index in [1.165, 1.54) is 0 Å². The van der Waals surface area contributed by atoms with Crippen LogP contribution in [0.3, 0.4) is 0 Å². The molecule has 0 saturated heterocycles. The van der Waals surface area contributed by atoms with E-state index in [2.05, 4.69) is 22.8 Å². The highest BCUT2D eigenvalue weighted by Crippen LogP contribution is 2.03. The molecule has 0 aromatic carbocycles. The molecule has 4 nitrogen and oxygen atoms in total. The number of hydrogen-bond donors (Lipinski definition) is 2. The Morgan fingerprint density at radius 2 is 2.12 bits per heavy atom. The van der Waals surface area contributed by atoms with Gasteiger partial charge in [0.15, 0.2) is 0 Å². The largest absolute Gasteiger partial charge is 0.291 e. The quantitative estimate of drug-likeness (QED) is 0.718. The first-order chi connectivity index (χ1) is 7.74. The van der Waals surface area contributed by atoms with E-state index in [0.29, 0.717) is 6.54 Å². The number of pyridine rings is 1. The van der Waals surface area contributed by atoms with Gasteiger partial charge in [-0.05, 0) is 24.1 Å². The van der Waals surface area contributed by atoms with Crippen LogP contribution in [0.2, 0.25) is 0 Å². The second-order valence-corrected chi connectivity index (χ2v) is 3.89. The molecule has 16 heavy (non-hydrogen) atoms. The molecule has 88 valence electrons. The van der Waals surface area contributed by atoms with E-state index in [-0.39, 0.29) is 11.8 Å². The van der Waals surface area contributed by atoms with Gasteiger partial charge in [0.1, 0.15) is 0 Å². The van der Waals surface area contributed by atoms with Crippen LogP contribution in [0.5, 0.6) is 0 Å². The first-order valence-corrected chi connectivity index (χ1v) is 5.65. The van der Waals surface area contributed by atoms with Crippen LogP contribution in [0.1, 0.15) is 32.3 Å². The van der Waals surface area contributed by atoms with E-state index in [1.807, 2.05) is 19.1 Å². The molecule has 0 saturated carbocycles. The number of nitrogens with zero attached hydrogens (tertiary/aromatic N) is 1. The molecule has 0 aliphatic heterocycles. The van der Waals surface area contributed by atoms with E-state index in [0.717, 1.165) is 18.4 Å². The highest BCUT2D eigenvalue weighted by atomic mass is 16.2. The molecule has 0 fully saturated rings. The molecule has 1 amide bonds. The molecular formula is C12H19N3O. The van der Waals surface area contributed by atoms with Crippen molar-refractivity contribution in [1.29, 1.82) is 0 Å². The first-order valence-electron chi connectivity index (χ1n) is 5.65. The molecule has 0 aliphatic carbocycles. The summed E-state index contributed by atoms with van der Waals surface area (Å²) in [4.78, 5) is 15.5. The predicted octanol–water partition coefficient (Wildman–Crippen LogP) is 1.64. The Morgan fingerprint density at radius 3 is 2.75 bits per heavy atom. The second-order valence-electron chi connectivity index (χ2n) is 3.89. The van der Waals surface area contributed by atoms with Crippen molar-refractivity contribution < 1.29 is 4.79 Å². The van der Waals surface area contributed by atoms with E-state index in [1.54, 1.807) is 12.4 Å². The summed E-state index contributed by atoms with van der Waals surface area (Å²) in [5, 5.41) is 0. The lowest BCUT2D eigenvalue weighted by Gasteiger charge is -2.11. The Kier molecular flexibility index (Phi) is 5.50. The summed E-state index contributed by atoms with van der Waals surface area (Å²) >= 11 is 0. The standard InChI is InChI=1S/C12H19N3O/c1-3-4-10(2)12(16)15-14-9-11-5-7-13-8-6-11/h5-8,10,14H,3-4,9H2,1-2H3,(H,15,16). The lowest BCUT2D eigenvalue weighted by Crippen LogP contribution is -2.40. The first kappa shape index (κ1) is 12.6. The summed E-state index contributed by atoms with van der Waals surface area (Å²) in [5.41, 5.74) is 6.72. The number of aromatic nitrogens is 1. The Hall–Kier alpha value is -1.42. The number of nitrogens with one attached hydrogen (secondary N) is 2. The van der Waals surface area contributed by atoms with Crippen molar-refractivity contribution in [2.75, 3.05) is 0 Å². The molecule has 1 rings (SSSR count). The number of rotatable bonds is 6. The van der Waals surface area contributed by atoms with Gasteiger partial charge in [-0.2, -0.15) is 0 Å². The number of carbonyl (C=O) groups is 1. The summed E-state index contributed by atoms with van der Waals surface area (Å²) in [5.74, 6) is 0.117. The number of hydrogen-bond acceptors (Lipinski definition) is 3. The molecule has 1 unspecified atom stereocenters. The number of carbonyl (C=O) groups excluding carboxylic acids is 1. The molecule has 0 aliphatic rings. The third-order valence-electron chi connectivity index (χ3n) is 2.42. The van der Waals surface area contributed by atoms with Crippen LogP contribution in [0.25, 0.3) is 0 Å². The van der Waals surface area contributed by atoms with Gasteiger partial charge in [-0.1, -0.05) is 20.3 Å². The van der Waals surface area contributed by atoms with Gasteiger partial charge in [0, 0.05) is 24.9 Å². The Morgan fingerprint density at radius 1 is 1.44 bits per heavy atom. The SMILES string of the molecule is CCCC(C)C(=O)NNCc1ccncc1. The molecule has 1 atom stereocenters. The van der Waals surface area contributed by atoms with Crippen molar-refractivity contribution in [3.63, 3.8) is 0 Å². The summed E-state index contributed by atoms with van der Waals surface area (Å²) in [6, 6.07) is 3.82. The fraction of sp³-hybridized carbons (Fsp3) is 0.500. The third-order valence-corrected chi connectivity index (χ3v) is 2.42. The smallest absolute Gasteiger partial charge is 0.236 e. The summed E-state index contributed by atoms with van der Waals surface area (Å²) in [6.07, 6.45) is 5.42. The topological polar surface area (TPSA) is 54.0 Å². The zero-order chi connectivity index (χ0) is 11.8. The maximum Gasteiger partial charge on any atom is 0.236 e. The van der Waals surface area contributed by atoms with Crippen molar-refractivity contribution in [3.8, 4) is 0 Å². The minimum Gasteiger partial charge on any atom is -0.291 e. The van der Waals surface area contributed by atoms with Gasteiger partial charge in [0.25, 0.3) is 0 Å². The molecule has 0 bridgehead atoms. The fourth-order valence-electron chi connectivity index (χ4n) is 1.42. The second kappa shape index (κ2) is 6.95. The zero-order valence-electron chi connectivity index (χ0n) is 9.86. The maximum atomic E-state index is 11.5. The van der Waals surface area contributed by atoms with Gasteiger partial charge in [-0.15, -0.1) is 0 Å². The van der Waals surface area contributed by atoms with Gasteiger partial charge in [0.05, 0.1) is 0 Å². The molecular weight excluding hydrogens is 202 g/mol. The van der Waals surface area contributed by atoms with Gasteiger partial charge in [0.2, 0.25) is 5.91 Å². The predicted molar refractivity (Wildman–Crippen MR) is 63.3 cm³/mol. The van der Waals surface area contributed by atoms with Crippen molar-refractivity contribution in [3.05, 3.63) is 30.1 Å². The Bertz CT molecular complexity index is 313. The number of amides is 1. The molecule has 2 N–H and O–H groups in total. The van der Waals surface area contributed by atoms with E-state index in [4.69, 9.17) is 0 Å². The minimum absolute atomic E-state index is 0.0518. The Balaban J connectivity index is 2.23. The fourth-order valence-corrected chi connectivity index (χ4v) is 1.42. The lowest BCUT2D eigenvalue weighted by atomic mass is 10.1. The molecule has 4 heteroatoms. The normalized spacial score (nSPS) is 12.1. The van der Waals surface area contributed by atoms with Crippen molar-refractivity contribution >= 4 is 5.91 Å². The molecule has 1 aromatic rings. The molecule has 0 spiro atoms. The van der Waals surface area contributed by atoms with Crippen LogP contribution in [0, 0.1) is 5.92 Å². The van der Waals surface area contributed by atoms with E-state index >= 15 is 0 Å². The van der Waals surface area contributed by atoms with Crippen molar-refractivity contribution in [2.24, 2.45) is 5.92 Å². The summed E-state index contributed by atoms with van der Waals surface area (Å²) in [6.45, 7) is 4.63. The van der Waals surface area contributed by atoms with Crippen molar-refractivity contribution in [1.82, 2.24) is 15.8 Å². The van der Waals surface area contributed by atoms with Gasteiger partial charge >= 0.3 is 0 Å². The van der Waals surface area contributed by atoms with Crippen LogP contribution in [-0.2, 0) is 11.3 Å². The maximum absolute atomic E-state index is 11.5. The third kappa shape index (κ3) is 4.40. The zero-order valence-corrected chi connectivity index (χ0v) is 9.86. The monoisotopic (exact) mass is 221 g/mol. The van der Waals surface area contributed by atoms with Crippen LogP contribution in [0.4, 0.5) is 0 Å². The van der Waals surface area contributed by atoms with Gasteiger partial charge < -0.3 is 0 Å². The van der Waals surface area contributed by atoms with Crippen LogP contribution >= 0.6 is 0 Å². The van der Waals surface area contributed by atoms with Crippen LogP contribution in [0.15, 0.2) is 24.5 Å². The van der Waals surface area contributed by atoms with E-state index in [9.17, 15) is 4.79 Å². The minimum atomic E-state index is 0.0518. The lowest BCUT2D eigenvalue weighted by molar-refractivity contribution is -0.125. The molecule has 1 aromatic heterocycles. The molecule has 0 radical (unpaired) electrons. The van der Waals surface area contributed by atoms with E-state index < -0.39 is 0 Å². The highest BCUT2D eigenvalue weighted by Gasteiger charge is 2.10. The van der Waals surface area contributed by atoms with Gasteiger partial charge in [-0.3, -0.25) is 15.2 Å². The highest BCUT2D eigenvalue weighted by molar-refractivity contribution is 5.77. The summed E-state index contributed by atoms with van der Waals surface area (Å²) in [7, 11) is 0. The summed E-state index contributed by atoms with van der Waals surface area (Å²) < 4.78 is 0. The number of hydrazine groups is 1. The van der Waals surface area contributed by atoms with Crippen molar-refractivity contribution in [2.45, 2.75) is 33.2 Å². The average Bonchev–Trinajstić information content (AvgIpc) is 2.30. The van der Waals surface area contributed by atoms with Gasteiger partial charge in [-0.25, -0.2) is 5.43 Å². The Labute approximate surface area is 96.4 Å². The average molecular weight is 221 g/mol. The molecule has 1 heterocycles. The van der Waals surface area contributed by atoms with Crippen LogP contribution < -0.4 is 10.9 Å².